The van der Waals surface area contributed by atoms with Crippen molar-refractivity contribution >= 4 is 12.4 Å². The third-order valence-corrected chi connectivity index (χ3v) is 4.23. The van der Waals surface area contributed by atoms with Gasteiger partial charge in [-0.3, -0.25) is 9.98 Å². The minimum Gasteiger partial charge on any atom is -0.377 e. The van der Waals surface area contributed by atoms with Crippen molar-refractivity contribution in [1.29, 1.82) is 0 Å². The first-order chi connectivity index (χ1) is 14.4. The maximum absolute atomic E-state index is 15.3. The van der Waals surface area contributed by atoms with Crippen molar-refractivity contribution in [1.82, 2.24) is 10.4 Å². The zero-order valence-corrected chi connectivity index (χ0v) is 16.5. The molecule has 9 heteroatoms. The molecule has 5 nitrogen and oxygen atoms in total. The monoisotopic (exact) mass is 424 g/mol. The standard InChI is InChI=1S/C21H24F4N4O/c1-2-9-30-10-3-4-15-5-8-20(28-12-15)21(24,25)18(13-27-14-29-26)17-7-6-16(22)11-19(17)23/h3-8,11-12,14,18H,2,9-10,13,26H2,1H3,(H,27,29)/b4-3+. The summed E-state index contributed by atoms with van der Waals surface area (Å²) in [5, 5.41) is 0. The number of hydrogen-bond donors (Lipinski definition) is 2. The third-order valence-electron chi connectivity index (χ3n) is 4.23. The van der Waals surface area contributed by atoms with Gasteiger partial charge in [0.15, 0.2) is 0 Å². The van der Waals surface area contributed by atoms with E-state index in [0.717, 1.165) is 24.9 Å². The van der Waals surface area contributed by atoms with Crippen molar-refractivity contribution in [2.24, 2.45) is 10.8 Å². The first-order valence-electron chi connectivity index (χ1n) is 9.38. The molecule has 0 aliphatic heterocycles. The van der Waals surface area contributed by atoms with Gasteiger partial charge in [-0.05, 0) is 29.7 Å². The molecule has 0 radical (unpaired) electrons. The summed E-state index contributed by atoms with van der Waals surface area (Å²) in [6.45, 7) is 2.55. The number of pyridine rings is 1. The van der Waals surface area contributed by atoms with E-state index in [1.165, 1.54) is 18.3 Å². The number of nitrogens with two attached hydrogens (primary N) is 1. The number of benzene rings is 1. The molecule has 0 bridgehead atoms. The highest BCUT2D eigenvalue weighted by molar-refractivity contribution is 5.53. The minimum absolute atomic E-state index is 0.366. The molecule has 3 N–H and O–H groups in total. The molecule has 0 saturated carbocycles. The number of nitrogens with zero attached hydrogens (tertiary/aromatic N) is 2. The lowest BCUT2D eigenvalue weighted by molar-refractivity contribution is -0.0364. The molecule has 162 valence electrons. The van der Waals surface area contributed by atoms with Crippen LogP contribution in [0.5, 0.6) is 0 Å². The highest BCUT2D eigenvalue weighted by atomic mass is 19.3. The largest absolute Gasteiger partial charge is 0.377 e. The minimum atomic E-state index is -3.57. The maximum Gasteiger partial charge on any atom is 0.298 e. The second kappa shape index (κ2) is 11.4. The van der Waals surface area contributed by atoms with Crippen LogP contribution >= 0.6 is 0 Å². The predicted molar refractivity (Wildman–Crippen MR) is 108 cm³/mol. The number of halogens is 4. The first kappa shape index (κ1) is 23.5. The summed E-state index contributed by atoms with van der Waals surface area (Å²) < 4.78 is 63.3. The molecule has 0 aliphatic rings. The number of rotatable bonds is 11. The Hall–Kier alpha value is -2.78. The molecule has 2 rings (SSSR count). The van der Waals surface area contributed by atoms with Crippen molar-refractivity contribution < 1.29 is 22.3 Å². The Morgan fingerprint density at radius 2 is 2.07 bits per heavy atom. The fraction of sp³-hybridized carbons (Fsp3) is 0.333. The summed E-state index contributed by atoms with van der Waals surface area (Å²) >= 11 is 0. The number of hydrazine groups is 1. The Labute approximate surface area is 172 Å². The molecular weight excluding hydrogens is 400 g/mol. The van der Waals surface area contributed by atoms with E-state index < -0.39 is 35.7 Å². The van der Waals surface area contributed by atoms with E-state index in [0.29, 0.717) is 24.8 Å². The fourth-order valence-electron chi connectivity index (χ4n) is 2.76. The van der Waals surface area contributed by atoms with E-state index in [1.54, 1.807) is 12.2 Å². The Kier molecular flexibility index (Phi) is 8.94. The van der Waals surface area contributed by atoms with Gasteiger partial charge in [-0.1, -0.05) is 31.2 Å². The van der Waals surface area contributed by atoms with E-state index >= 15 is 8.78 Å². The summed E-state index contributed by atoms with van der Waals surface area (Å²) in [6.07, 6.45) is 6.68. The van der Waals surface area contributed by atoms with E-state index in [4.69, 9.17) is 10.6 Å². The van der Waals surface area contributed by atoms with Crippen molar-refractivity contribution in [3.05, 3.63) is 71.1 Å². The smallest absolute Gasteiger partial charge is 0.298 e. The fourth-order valence-corrected chi connectivity index (χ4v) is 2.76. The molecule has 1 unspecified atom stereocenters. The quantitative estimate of drug-likeness (QED) is 0.142. The van der Waals surface area contributed by atoms with E-state index in [-0.39, 0.29) is 5.56 Å². The van der Waals surface area contributed by atoms with Crippen LogP contribution in [-0.4, -0.2) is 31.1 Å². The lowest BCUT2D eigenvalue weighted by atomic mass is 9.89. The lowest BCUT2D eigenvalue weighted by Gasteiger charge is -2.26. The summed E-state index contributed by atoms with van der Waals surface area (Å²) in [5.74, 6) is -2.15. The molecular formula is C21H24F4N4O. The maximum atomic E-state index is 15.3. The van der Waals surface area contributed by atoms with Crippen LogP contribution in [0.1, 0.15) is 36.1 Å². The number of aromatic nitrogens is 1. The Bertz CT molecular complexity index is 857. The van der Waals surface area contributed by atoms with Crippen LogP contribution in [0.4, 0.5) is 17.6 Å². The van der Waals surface area contributed by atoms with Crippen LogP contribution in [0.15, 0.2) is 47.6 Å². The molecule has 0 fully saturated rings. The number of alkyl halides is 2. The van der Waals surface area contributed by atoms with Crippen molar-refractivity contribution in [2.75, 3.05) is 19.8 Å². The van der Waals surface area contributed by atoms with Gasteiger partial charge in [0.1, 0.15) is 17.3 Å². The molecule has 0 amide bonds. The SMILES string of the molecule is CCCOC/C=C/c1ccc(C(F)(F)C(CN=CNN)c2ccc(F)cc2F)nc1. The van der Waals surface area contributed by atoms with E-state index in [1.807, 2.05) is 6.92 Å². The Morgan fingerprint density at radius 1 is 1.27 bits per heavy atom. The molecule has 1 atom stereocenters. The van der Waals surface area contributed by atoms with Crippen LogP contribution in [0.2, 0.25) is 0 Å². The van der Waals surface area contributed by atoms with E-state index in [2.05, 4.69) is 15.4 Å². The molecule has 0 aliphatic carbocycles. The molecule has 0 spiro atoms. The van der Waals surface area contributed by atoms with Crippen molar-refractivity contribution in [2.45, 2.75) is 25.2 Å². The molecule has 1 aromatic heterocycles. The summed E-state index contributed by atoms with van der Waals surface area (Å²) in [7, 11) is 0. The molecule has 1 heterocycles. The zero-order chi connectivity index (χ0) is 22.0. The zero-order valence-electron chi connectivity index (χ0n) is 16.5. The normalized spacial score (nSPS) is 13.3. The van der Waals surface area contributed by atoms with Gasteiger partial charge in [0.2, 0.25) is 0 Å². The van der Waals surface area contributed by atoms with Gasteiger partial charge in [0.05, 0.1) is 25.4 Å². The number of hydrogen-bond acceptors (Lipinski definition) is 4. The van der Waals surface area contributed by atoms with Gasteiger partial charge in [0, 0.05) is 18.9 Å². The Morgan fingerprint density at radius 3 is 2.70 bits per heavy atom. The van der Waals surface area contributed by atoms with Crippen LogP contribution < -0.4 is 11.3 Å². The van der Waals surface area contributed by atoms with Crippen LogP contribution in [0, 0.1) is 11.6 Å². The third kappa shape index (κ3) is 6.36. The molecule has 1 aromatic carbocycles. The summed E-state index contributed by atoms with van der Waals surface area (Å²) in [5.41, 5.74) is 1.80. The molecule has 0 saturated heterocycles. The number of aliphatic imine (C=N–C) groups is 1. The second-order valence-corrected chi connectivity index (χ2v) is 6.46. The Balaban J connectivity index is 2.27. The van der Waals surface area contributed by atoms with Gasteiger partial charge < -0.3 is 10.2 Å². The highest BCUT2D eigenvalue weighted by Crippen LogP contribution is 2.42. The average molecular weight is 424 g/mol. The second-order valence-electron chi connectivity index (χ2n) is 6.46. The highest BCUT2D eigenvalue weighted by Gasteiger charge is 2.44. The van der Waals surface area contributed by atoms with Gasteiger partial charge in [-0.15, -0.1) is 0 Å². The van der Waals surface area contributed by atoms with Gasteiger partial charge in [0.25, 0.3) is 5.92 Å². The molecule has 30 heavy (non-hydrogen) atoms. The van der Waals surface area contributed by atoms with E-state index in [9.17, 15) is 8.78 Å². The lowest BCUT2D eigenvalue weighted by Crippen LogP contribution is -2.29. The summed E-state index contributed by atoms with van der Waals surface area (Å²) in [6, 6.07) is 5.13. The first-order valence-corrected chi connectivity index (χ1v) is 9.38. The van der Waals surface area contributed by atoms with Gasteiger partial charge in [-0.2, -0.15) is 8.78 Å². The topological polar surface area (TPSA) is 72.5 Å². The average Bonchev–Trinajstić information content (AvgIpc) is 2.72. The molecule has 2 aromatic rings. The van der Waals surface area contributed by atoms with Gasteiger partial charge in [-0.25, -0.2) is 14.6 Å². The number of ether oxygens (including phenoxy) is 1. The van der Waals surface area contributed by atoms with Crippen molar-refractivity contribution in [3.8, 4) is 0 Å². The summed E-state index contributed by atoms with van der Waals surface area (Å²) in [4.78, 5) is 7.61. The number of nitrogens with one attached hydrogen (secondary N) is 1. The predicted octanol–water partition coefficient (Wildman–Crippen LogP) is 4.17. The van der Waals surface area contributed by atoms with Crippen LogP contribution in [-0.2, 0) is 10.7 Å². The van der Waals surface area contributed by atoms with Crippen LogP contribution in [0.25, 0.3) is 6.08 Å². The van der Waals surface area contributed by atoms with Crippen LogP contribution in [0.3, 0.4) is 0 Å². The van der Waals surface area contributed by atoms with Gasteiger partial charge >= 0.3 is 0 Å². The van der Waals surface area contributed by atoms with Crippen molar-refractivity contribution in [3.63, 3.8) is 0 Å².